The molecule has 0 saturated heterocycles. The van der Waals surface area contributed by atoms with Gasteiger partial charge in [0.05, 0.1) is 6.10 Å². The second kappa shape index (κ2) is 5.43. The molecule has 98 valence electrons. The predicted molar refractivity (Wildman–Crippen MR) is 79.0 cm³/mol. The molecular formula is C16H16BrNO. The van der Waals surface area contributed by atoms with E-state index in [2.05, 4.69) is 27.0 Å². The molecule has 3 rings (SSSR count). The summed E-state index contributed by atoms with van der Waals surface area (Å²) in [5.41, 5.74) is 3.31. The second-order valence-corrected chi connectivity index (χ2v) is 5.96. The molecule has 1 aliphatic rings. The Hall–Kier alpha value is -1.19. The van der Waals surface area contributed by atoms with Gasteiger partial charge in [-0.05, 0) is 48.6 Å². The van der Waals surface area contributed by atoms with Gasteiger partial charge in [-0.3, -0.25) is 4.98 Å². The van der Waals surface area contributed by atoms with E-state index in [4.69, 9.17) is 0 Å². The van der Waals surface area contributed by atoms with Crippen LogP contribution in [0.25, 0.3) is 0 Å². The largest absolute Gasteiger partial charge is 0.388 e. The molecule has 0 spiro atoms. The van der Waals surface area contributed by atoms with Gasteiger partial charge in [0, 0.05) is 22.3 Å². The van der Waals surface area contributed by atoms with Crippen LogP contribution < -0.4 is 0 Å². The summed E-state index contributed by atoms with van der Waals surface area (Å²) in [6.07, 6.45) is 4.54. The smallest absolute Gasteiger partial charge is 0.0874 e. The van der Waals surface area contributed by atoms with Crippen molar-refractivity contribution in [1.29, 1.82) is 0 Å². The number of benzene rings is 1. The second-order valence-electron chi connectivity index (χ2n) is 5.05. The SMILES string of the molecule is OC(c1cccc(Br)c1)C1CCCc2cccnc21. The molecule has 0 radical (unpaired) electrons. The fourth-order valence-corrected chi connectivity index (χ4v) is 3.29. The number of nitrogens with zero attached hydrogens (tertiary/aromatic N) is 1. The standard InChI is InChI=1S/C16H16BrNO/c17-13-7-1-5-12(10-13)16(19)14-8-2-4-11-6-3-9-18-15(11)14/h1,3,5-7,9-10,14,16,19H,2,4,8H2. The Balaban J connectivity index is 1.95. The Morgan fingerprint density at radius 3 is 3.00 bits per heavy atom. The molecule has 2 unspecified atom stereocenters. The van der Waals surface area contributed by atoms with Crippen LogP contribution in [0.1, 0.15) is 41.7 Å². The highest BCUT2D eigenvalue weighted by molar-refractivity contribution is 9.10. The van der Waals surface area contributed by atoms with Crippen molar-refractivity contribution >= 4 is 15.9 Å². The number of halogens is 1. The van der Waals surface area contributed by atoms with Gasteiger partial charge < -0.3 is 5.11 Å². The van der Waals surface area contributed by atoms with E-state index in [9.17, 15) is 5.11 Å². The van der Waals surface area contributed by atoms with Crippen molar-refractivity contribution in [2.75, 3.05) is 0 Å². The summed E-state index contributed by atoms with van der Waals surface area (Å²) in [5.74, 6) is 0.110. The first-order valence-electron chi connectivity index (χ1n) is 6.63. The molecule has 0 amide bonds. The van der Waals surface area contributed by atoms with E-state index in [1.54, 1.807) is 0 Å². The highest BCUT2D eigenvalue weighted by Crippen LogP contribution is 2.39. The summed E-state index contributed by atoms with van der Waals surface area (Å²) in [5, 5.41) is 10.7. The van der Waals surface area contributed by atoms with Crippen molar-refractivity contribution in [3.63, 3.8) is 0 Å². The molecular weight excluding hydrogens is 302 g/mol. The Bertz CT molecular complexity index is 584. The fraction of sp³-hybridized carbons (Fsp3) is 0.312. The number of aryl methyl sites for hydroxylation is 1. The van der Waals surface area contributed by atoms with Crippen molar-refractivity contribution in [1.82, 2.24) is 4.98 Å². The highest BCUT2D eigenvalue weighted by atomic mass is 79.9. The van der Waals surface area contributed by atoms with Crippen molar-refractivity contribution in [3.05, 3.63) is 63.9 Å². The van der Waals surface area contributed by atoms with E-state index in [1.165, 1.54) is 5.56 Å². The number of hydrogen-bond acceptors (Lipinski definition) is 2. The topological polar surface area (TPSA) is 33.1 Å². The average molecular weight is 318 g/mol. The summed E-state index contributed by atoms with van der Waals surface area (Å²) in [6.45, 7) is 0. The van der Waals surface area contributed by atoms with E-state index in [1.807, 2.05) is 36.5 Å². The Morgan fingerprint density at radius 1 is 1.26 bits per heavy atom. The van der Waals surface area contributed by atoms with Gasteiger partial charge in [0.1, 0.15) is 0 Å². The van der Waals surface area contributed by atoms with Crippen LogP contribution >= 0.6 is 15.9 Å². The van der Waals surface area contributed by atoms with Gasteiger partial charge in [0.25, 0.3) is 0 Å². The van der Waals surface area contributed by atoms with Crippen LogP contribution in [-0.4, -0.2) is 10.1 Å². The van der Waals surface area contributed by atoms with Crippen molar-refractivity contribution in [2.24, 2.45) is 0 Å². The number of rotatable bonds is 2. The molecule has 2 atom stereocenters. The summed E-state index contributed by atoms with van der Waals surface area (Å²) in [6, 6.07) is 12.0. The monoisotopic (exact) mass is 317 g/mol. The van der Waals surface area contributed by atoms with Gasteiger partial charge in [-0.25, -0.2) is 0 Å². The first-order valence-corrected chi connectivity index (χ1v) is 7.42. The molecule has 0 fully saturated rings. The van der Waals surface area contributed by atoms with Gasteiger partial charge >= 0.3 is 0 Å². The fourth-order valence-electron chi connectivity index (χ4n) is 2.88. The first-order chi connectivity index (χ1) is 9.25. The minimum atomic E-state index is -0.480. The van der Waals surface area contributed by atoms with E-state index < -0.39 is 6.10 Å². The average Bonchev–Trinajstić information content (AvgIpc) is 2.46. The number of aromatic nitrogens is 1. The zero-order valence-corrected chi connectivity index (χ0v) is 12.2. The van der Waals surface area contributed by atoms with E-state index >= 15 is 0 Å². The van der Waals surface area contributed by atoms with Crippen LogP contribution in [0.2, 0.25) is 0 Å². The molecule has 1 heterocycles. The highest BCUT2D eigenvalue weighted by Gasteiger charge is 2.28. The molecule has 2 aromatic rings. The molecule has 1 N–H and O–H groups in total. The van der Waals surface area contributed by atoms with E-state index in [0.29, 0.717) is 0 Å². The number of aliphatic hydroxyl groups excluding tert-OH is 1. The maximum absolute atomic E-state index is 10.7. The normalized spacial score (nSPS) is 19.8. The predicted octanol–water partition coefficient (Wildman–Crippen LogP) is 4.00. The summed E-state index contributed by atoms with van der Waals surface area (Å²) in [7, 11) is 0. The number of pyridine rings is 1. The third-order valence-corrected chi connectivity index (χ3v) is 4.30. The third-order valence-electron chi connectivity index (χ3n) is 3.81. The van der Waals surface area contributed by atoms with Crippen LogP contribution in [-0.2, 0) is 6.42 Å². The lowest BCUT2D eigenvalue weighted by molar-refractivity contribution is 0.134. The van der Waals surface area contributed by atoms with E-state index in [0.717, 1.165) is 35.0 Å². The zero-order valence-electron chi connectivity index (χ0n) is 10.6. The minimum Gasteiger partial charge on any atom is -0.388 e. The molecule has 19 heavy (non-hydrogen) atoms. The van der Waals surface area contributed by atoms with Gasteiger partial charge in [-0.15, -0.1) is 0 Å². The maximum atomic E-state index is 10.7. The zero-order chi connectivity index (χ0) is 13.2. The molecule has 0 bridgehead atoms. The van der Waals surface area contributed by atoms with Crippen LogP contribution in [0.5, 0.6) is 0 Å². The quantitative estimate of drug-likeness (QED) is 0.908. The van der Waals surface area contributed by atoms with Gasteiger partial charge in [0.15, 0.2) is 0 Å². The Labute approximate surface area is 121 Å². The molecule has 2 nitrogen and oxygen atoms in total. The lowest BCUT2D eigenvalue weighted by Gasteiger charge is -2.28. The van der Waals surface area contributed by atoms with Gasteiger partial charge in [-0.2, -0.15) is 0 Å². The van der Waals surface area contributed by atoms with Crippen LogP contribution in [0, 0.1) is 0 Å². The number of aliphatic hydroxyl groups is 1. The van der Waals surface area contributed by atoms with Crippen molar-refractivity contribution in [3.8, 4) is 0 Å². The molecule has 0 aliphatic heterocycles. The minimum absolute atomic E-state index is 0.110. The summed E-state index contributed by atoms with van der Waals surface area (Å²) >= 11 is 3.46. The Morgan fingerprint density at radius 2 is 2.16 bits per heavy atom. The molecule has 3 heteroatoms. The molecule has 1 aromatic carbocycles. The number of fused-ring (bicyclic) bond motifs is 1. The molecule has 1 aromatic heterocycles. The summed E-state index contributed by atoms with van der Waals surface area (Å²) < 4.78 is 1.00. The Kier molecular flexibility index (Phi) is 3.67. The summed E-state index contributed by atoms with van der Waals surface area (Å²) in [4.78, 5) is 4.50. The number of hydrogen-bond donors (Lipinski definition) is 1. The van der Waals surface area contributed by atoms with Gasteiger partial charge in [0.2, 0.25) is 0 Å². The van der Waals surface area contributed by atoms with Crippen molar-refractivity contribution in [2.45, 2.75) is 31.3 Å². The first kappa shape index (κ1) is 12.8. The van der Waals surface area contributed by atoms with Gasteiger partial charge in [-0.1, -0.05) is 34.1 Å². The van der Waals surface area contributed by atoms with Crippen LogP contribution in [0.15, 0.2) is 47.1 Å². The molecule has 0 saturated carbocycles. The lowest BCUT2D eigenvalue weighted by atomic mass is 9.81. The van der Waals surface area contributed by atoms with Crippen LogP contribution in [0.4, 0.5) is 0 Å². The van der Waals surface area contributed by atoms with E-state index in [-0.39, 0.29) is 5.92 Å². The third kappa shape index (κ3) is 2.58. The maximum Gasteiger partial charge on any atom is 0.0874 e. The van der Waals surface area contributed by atoms with Crippen LogP contribution in [0.3, 0.4) is 0 Å². The lowest BCUT2D eigenvalue weighted by Crippen LogP contribution is -2.18. The molecule has 1 aliphatic carbocycles. The van der Waals surface area contributed by atoms with Crippen molar-refractivity contribution < 1.29 is 5.11 Å².